The third-order valence-corrected chi connectivity index (χ3v) is 10.4. The Hall–Kier alpha value is -3.83. The van der Waals surface area contributed by atoms with Crippen LogP contribution >= 0.6 is 11.3 Å². The molecule has 0 saturated carbocycles. The van der Waals surface area contributed by atoms with Crippen molar-refractivity contribution in [2.45, 2.75) is 37.9 Å². The highest BCUT2D eigenvalue weighted by Gasteiger charge is 2.30. The maximum absolute atomic E-state index is 13.3. The summed E-state index contributed by atoms with van der Waals surface area (Å²) in [5, 5.41) is 3.33. The van der Waals surface area contributed by atoms with E-state index in [0.717, 1.165) is 29.1 Å². The first-order chi connectivity index (χ1) is 20.3. The van der Waals surface area contributed by atoms with Crippen LogP contribution in [0.5, 0.6) is 0 Å². The minimum Gasteiger partial charge on any atom is -0.465 e. The summed E-state index contributed by atoms with van der Waals surface area (Å²) in [5.74, 6) is -0.917. The minimum atomic E-state index is -3.76. The van der Waals surface area contributed by atoms with Gasteiger partial charge < -0.3 is 10.1 Å². The lowest BCUT2D eigenvalue weighted by Crippen LogP contribution is -2.30. The molecule has 1 aliphatic rings. The topological polar surface area (TPSA) is 96.0 Å². The fourth-order valence-electron chi connectivity index (χ4n) is 5.10. The Morgan fingerprint density at radius 3 is 2.21 bits per heavy atom. The highest BCUT2D eigenvalue weighted by Crippen LogP contribution is 2.38. The largest absolute Gasteiger partial charge is 0.465 e. The van der Waals surface area contributed by atoms with Crippen molar-refractivity contribution in [3.63, 3.8) is 0 Å². The van der Waals surface area contributed by atoms with E-state index in [1.165, 1.54) is 52.6 Å². The summed E-state index contributed by atoms with van der Waals surface area (Å²) in [6, 6.07) is 25.5. The van der Waals surface area contributed by atoms with Gasteiger partial charge in [0.15, 0.2) is 0 Å². The van der Waals surface area contributed by atoms with E-state index in [4.69, 9.17) is 4.74 Å². The molecule has 0 saturated heterocycles. The maximum Gasteiger partial charge on any atom is 0.341 e. The number of amides is 1. The Morgan fingerprint density at radius 2 is 1.60 bits per heavy atom. The minimum absolute atomic E-state index is 0.108. The molecule has 3 aromatic carbocycles. The zero-order valence-electron chi connectivity index (χ0n) is 23.6. The summed E-state index contributed by atoms with van der Waals surface area (Å²) in [6.07, 6.45) is 0.669. The average Bonchev–Trinajstić information content (AvgIpc) is 3.37. The molecule has 5 rings (SSSR count). The van der Waals surface area contributed by atoms with Crippen molar-refractivity contribution in [2.75, 3.05) is 25.5 Å². The van der Waals surface area contributed by atoms with E-state index in [1.54, 1.807) is 6.92 Å². The van der Waals surface area contributed by atoms with Gasteiger partial charge in [0.25, 0.3) is 5.91 Å². The number of carbonyl (C=O) groups excluding carboxylic acids is 2. The molecule has 1 aromatic heterocycles. The lowest BCUT2D eigenvalue weighted by molar-refractivity contribution is 0.0600. The Balaban J connectivity index is 1.32. The lowest BCUT2D eigenvalue weighted by atomic mass is 10.0. The van der Waals surface area contributed by atoms with Crippen molar-refractivity contribution in [2.24, 2.45) is 0 Å². The number of hydrogen-bond acceptors (Lipinski definition) is 7. The predicted molar refractivity (Wildman–Crippen MR) is 164 cm³/mol. The van der Waals surface area contributed by atoms with Gasteiger partial charge in [-0.15, -0.1) is 11.3 Å². The monoisotopic (exact) mass is 603 g/mol. The first-order valence-electron chi connectivity index (χ1n) is 13.7. The van der Waals surface area contributed by atoms with Gasteiger partial charge in [0, 0.05) is 43.2 Å². The first kappa shape index (κ1) is 29.7. The van der Waals surface area contributed by atoms with Gasteiger partial charge in [-0.3, -0.25) is 9.69 Å². The highest BCUT2D eigenvalue weighted by molar-refractivity contribution is 7.89. The molecule has 1 N–H and O–H groups in total. The zero-order chi connectivity index (χ0) is 29.7. The van der Waals surface area contributed by atoms with Crippen LogP contribution in [0.2, 0.25) is 0 Å². The van der Waals surface area contributed by atoms with Gasteiger partial charge in [0.1, 0.15) is 5.00 Å². The predicted octanol–water partition coefficient (Wildman–Crippen LogP) is 5.56. The van der Waals surface area contributed by atoms with Crippen LogP contribution in [0.25, 0.3) is 0 Å². The summed E-state index contributed by atoms with van der Waals surface area (Å²) < 4.78 is 33.1. The average molecular weight is 604 g/mol. The number of anilines is 1. The summed E-state index contributed by atoms with van der Waals surface area (Å²) in [5.41, 5.74) is 3.69. The van der Waals surface area contributed by atoms with E-state index in [9.17, 15) is 18.0 Å². The second-order valence-corrected chi connectivity index (χ2v) is 13.1. The number of hydrogen-bond donors (Lipinski definition) is 1. The third kappa shape index (κ3) is 6.47. The number of rotatable bonds is 10. The highest BCUT2D eigenvalue weighted by atomic mass is 32.2. The Kier molecular flexibility index (Phi) is 9.18. The van der Waals surface area contributed by atoms with Crippen LogP contribution in [-0.4, -0.2) is 49.7 Å². The number of benzene rings is 3. The number of ether oxygens (including phenoxy) is 1. The number of methoxy groups -OCH3 is 1. The van der Waals surface area contributed by atoms with Gasteiger partial charge >= 0.3 is 5.97 Å². The zero-order valence-corrected chi connectivity index (χ0v) is 25.2. The van der Waals surface area contributed by atoms with E-state index in [0.29, 0.717) is 30.1 Å². The Morgan fingerprint density at radius 1 is 0.952 bits per heavy atom. The number of sulfonamides is 1. The second-order valence-electron chi connectivity index (χ2n) is 10.0. The first-order valence-corrected chi connectivity index (χ1v) is 16.0. The lowest BCUT2D eigenvalue weighted by Gasteiger charge is -2.27. The van der Waals surface area contributed by atoms with Crippen LogP contribution in [0, 0.1) is 0 Å². The molecule has 1 aliphatic heterocycles. The van der Waals surface area contributed by atoms with Crippen LogP contribution in [0.1, 0.15) is 49.2 Å². The van der Waals surface area contributed by atoms with Gasteiger partial charge in [-0.2, -0.15) is 4.31 Å². The smallest absolute Gasteiger partial charge is 0.341 e. The van der Waals surface area contributed by atoms with E-state index < -0.39 is 21.9 Å². The number of carbonyl (C=O) groups is 2. The van der Waals surface area contributed by atoms with Crippen molar-refractivity contribution in [1.82, 2.24) is 9.21 Å². The third-order valence-electron chi connectivity index (χ3n) is 7.31. The fourth-order valence-corrected chi connectivity index (χ4v) is 7.81. The molecule has 1 amide bonds. The molecule has 0 bridgehead atoms. The molecule has 8 nitrogen and oxygen atoms in total. The van der Waals surface area contributed by atoms with Crippen LogP contribution < -0.4 is 5.32 Å². The second kappa shape index (κ2) is 13.0. The Bertz CT molecular complexity index is 1650. The van der Waals surface area contributed by atoms with Crippen LogP contribution in [0.4, 0.5) is 5.00 Å². The van der Waals surface area contributed by atoms with Gasteiger partial charge in [-0.05, 0) is 47.4 Å². The van der Waals surface area contributed by atoms with Crippen LogP contribution in [0.3, 0.4) is 0 Å². The van der Waals surface area contributed by atoms with Crippen molar-refractivity contribution >= 4 is 38.2 Å². The summed E-state index contributed by atoms with van der Waals surface area (Å²) in [4.78, 5) is 29.5. The number of esters is 1. The van der Waals surface area contributed by atoms with Gasteiger partial charge in [0.2, 0.25) is 10.0 Å². The number of nitrogens with zero attached hydrogens (tertiary/aromatic N) is 2. The summed E-state index contributed by atoms with van der Waals surface area (Å²) in [6.45, 7) is 4.60. The van der Waals surface area contributed by atoms with E-state index >= 15 is 0 Å². The molecule has 0 fully saturated rings. The standard InChI is InChI=1S/C32H33N3O5S2/c1-3-35(21-24-12-8-5-9-13-24)42(38,39)26-16-14-25(15-17-26)30(36)33-31-29(32(37)40-2)27-18-19-34(22-28(27)41-31)20-23-10-6-4-7-11-23/h4-17H,3,18-22H2,1-2H3,(H,33,36). The normalized spacial score (nSPS) is 13.5. The quantitative estimate of drug-likeness (QED) is 0.239. The summed E-state index contributed by atoms with van der Waals surface area (Å²) >= 11 is 1.38. The Labute approximate surface area is 250 Å². The molecule has 0 radical (unpaired) electrons. The molecule has 0 unspecified atom stereocenters. The van der Waals surface area contributed by atoms with Crippen molar-refractivity contribution < 1.29 is 22.7 Å². The van der Waals surface area contributed by atoms with Crippen molar-refractivity contribution in [3.8, 4) is 0 Å². The van der Waals surface area contributed by atoms with E-state index in [1.807, 2.05) is 48.5 Å². The van der Waals surface area contributed by atoms with Gasteiger partial charge in [0.05, 0.1) is 17.6 Å². The molecule has 4 aromatic rings. The van der Waals surface area contributed by atoms with Crippen LogP contribution in [0.15, 0.2) is 89.8 Å². The van der Waals surface area contributed by atoms with E-state index in [-0.39, 0.29) is 17.0 Å². The molecule has 0 aliphatic carbocycles. The number of nitrogens with one attached hydrogen (secondary N) is 1. The summed E-state index contributed by atoms with van der Waals surface area (Å²) in [7, 11) is -2.43. The van der Waals surface area contributed by atoms with Crippen molar-refractivity contribution in [3.05, 3.63) is 118 Å². The molecule has 218 valence electrons. The molecular formula is C32H33N3O5S2. The SMILES string of the molecule is CCN(Cc1ccccc1)S(=O)(=O)c1ccc(C(=O)Nc2sc3c(c2C(=O)OC)CCN(Cc2ccccc2)C3)cc1. The fraction of sp³-hybridized carbons (Fsp3) is 0.250. The maximum atomic E-state index is 13.3. The molecule has 0 spiro atoms. The molecule has 0 atom stereocenters. The molecule has 2 heterocycles. The molecular weight excluding hydrogens is 571 g/mol. The molecule has 42 heavy (non-hydrogen) atoms. The van der Waals surface area contributed by atoms with Gasteiger partial charge in [-0.1, -0.05) is 67.6 Å². The van der Waals surface area contributed by atoms with Crippen molar-refractivity contribution in [1.29, 1.82) is 0 Å². The van der Waals surface area contributed by atoms with E-state index in [2.05, 4.69) is 22.3 Å². The van der Waals surface area contributed by atoms with Crippen LogP contribution in [-0.2, 0) is 40.8 Å². The number of fused-ring (bicyclic) bond motifs is 1. The van der Waals surface area contributed by atoms with Gasteiger partial charge in [-0.25, -0.2) is 13.2 Å². The number of thiophene rings is 1. The molecule has 10 heteroatoms.